The Hall–Kier alpha value is -3.43. The van der Waals surface area contributed by atoms with Gasteiger partial charge in [-0.25, -0.2) is 0 Å². The molecule has 0 saturated carbocycles. The van der Waals surface area contributed by atoms with Crippen LogP contribution in [-0.2, 0) is 17.8 Å². The second-order valence-corrected chi connectivity index (χ2v) is 9.30. The van der Waals surface area contributed by atoms with Gasteiger partial charge in [-0.15, -0.1) is 6.58 Å². The first kappa shape index (κ1) is 28.1. The van der Waals surface area contributed by atoms with Crippen LogP contribution in [-0.4, -0.2) is 12.5 Å². The average molecular weight is 556 g/mol. The van der Waals surface area contributed by atoms with Crippen LogP contribution < -0.4 is 14.8 Å². The molecule has 0 fully saturated rings. The second-order valence-electron chi connectivity index (χ2n) is 8.05. The fourth-order valence-electron chi connectivity index (χ4n) is 3.47. The molecule has 0 aliphatic carbocycles. The van der Waals surface area contributed by atoms with E-state index in [1.165, 1.54) is 6.08 Å². The number of nitrogens with zero attached hydrogens (tertiary/aromatic N) is 1. The van der Waals surface area contributed by atoms with Crippen LogP contribution in [0.4, 0.5) is 5.69 Å². The van der Waals surface area contributed by atoms with Gasteiger partial charge in [0.2, 0.25) is 0 Å². The lowest BCUT2D eigenvalue weighted by molar-refractivity contribution is -0.112. The van der Waals surface area contributed by atoms with Gasteiger partial charge in [-0.2, -0.15) is 5.26 Å². The summed E-state index contributed by atoms with van der Waals surface area (Å²) in [7, 11) is 0. The summed E-state index contributed by atoms with van der Waals surface area (Å²) in [5.41, 5.74) is 3.45. The molecule has 0 spiro atoms. The lowest BCUT2D eigenvalue weighted by Gasteiger charge is -2.17. The number of carbonyl (C=O) groups excluding carboxylic acids is 1. The molecule has 1 amide bonds. The Morgan fingerprint density at radius 2 is 1.84 bits per heavy atom. The van der Waals surface area contributed by atoms with Gasteiger partial charge in [0.15, 0.2) is 11.5 Å². The lowest BCUT2D eigenvalue weighted by Crippen LogP contribution is -2.13. The van der Waals surface area contributed by atoms with Crippen LogP contribution in [0.25, 0.3) is 6.08 Å². The number of halogens is 3. The number of aryl methyl sites for hydroxylation is 1. The number of allylic oxidation sites excluding steroid dienone is 1. The minimum Gasteiger partial charge on any atom is -0.490 e. The monoisotopic (exact) mass is 554 g/mol. The van der Waals surface area contributed by atoms with Crippen LogP contribution in [0.2, 0.25) is 15.1 Å². The van der Waals surface area contributed by atoms with Gasteiger partial charge < -0.3 is 14.8 Å². The van der Waals surface area contributed by atoms with Gasteiger partial charge in [-0.1, -0.05) is 53.0 Å². The van der Waals surface area contributed by atoms with Crippen LogP contribution in [0.3, 0.4) is 0 Å². The smallest absolute Gasteiger partial charge is 0.266 e. The molecule has 8 heteroatoms. The molecule has 0 atom stereocenters. The van der Waals surface area contributed by atoms with Crippen molar-refractivity contribution in [1.82, 2.24) is 0 Å². The first-order chi connectivity index (χ1) is 17.7. The average Bonchev–Trinajstić information content (AvgIpc) is 2.85. The molecule has 3 aromatic rings. The Kier molecular flexibility index (Phi) is 10.0. The van der Waals surface area contributed by atoms with Gasteiger partial charge in [-0.05, 0) is 73.9 Å². The Bertz CT molecular complexity index is 1390. The fraction of sp³-hybridized carbons (Fsp3) is 0.172. The second kappa shape index (κ2) is 13.2. The van der Waals surface area contributed by atoms with Gasteiger partial charge >= 0.3 is 0 Å². The van der Waals surface area contributed by atoms with E-state index in [4.69, 9.17) is 44.3 Å². The highest BCUT2D eigenvalue weighted by Gasteiger charge is 2.16. The zero-order valence-corrected chi connectivity index (χ0v) is 22.7. The van der Waals surface area contributed by atoms with Crippen molar-refractivity contribution in [2.45, 2.75) is 26.9 Å². The molecule has 0 aromatic heterocycles. The molecule has 1 N–H and O–H groups in total. The van der Waals surface area contributed by atoms with Crippen molar-refractivity contribution >= 4 is 52.5 Å². The highest BCUT2D eigenvalue weighted by molar-refractivity contribution is 6.35. The predicted octanol–water partition coefficient (Wildman–Crippen LogP) is 8.21. The van der Waals surface area contributed by atoms with Crippen LogP contribution in [0.1, 0.15) is 29.2 Å². The Balaban J connectivity index is 1.94. The Morgan fingerprint density at radius 1 is 1.05 bits per heavy atom. The molecule has 0 unspecified atom stereocenters. The highest BCUT2D eigenvalue weighted by atomic mass is 35.5. The number of amides is 1. The molecule has 0 heterocycles. The quantitative estimate of drug-likeness (QED) is 0.155. The van der Waals surface area contributed by atoms with Crippen molar-refractivity contribution in [2.24, 2.45) is 0 Å². The summed E-state index contributed by atoms with van der Waals surface area (Å²) in [6.07, 6.45) is 3.71. The van der Waals surface area contributed by atoms with Crippen LogP contribution in [0.5, 0.6) is 11.5 Å². The number of ether oxygens (including phenoxy) is 2. The minimum absolute atomic E-state index is 0.0784. The maximum Gasteiger partial charge on any atom is 0.266 e. The Labute approximate surface area is 231 Å². The van der Waals surface area contributed by atoms with Crippen molar-refractivity contribution in [3.05, 3.63) is 104 Å². The largest absolute Gasteiger partial charge is 0.490 e. The lowest BCUT2D eigenvalue weighted by atomic mass is 10.0. The molecule has 3 aromatic carbocycles. The third-order valence-electron chi connectivity index (χ3n) is 5.31. The van der Waals surface area contributed by atoms with Gasteiger partial charge in [-0.3, -0.25) is 4.79 Å². The molecular formula is C29H25Cl3N2O3. The number of nitrogens with one attached hydrogen (secondary N) is 1. The van der Waals surface area contributed by atoms with E-state index in [2.05, 4.69) is 11.9 Å². The maximum absolute atomic E-state index is 12.8. The van der Waals surface area contributed by atoms with Gasteiger partial charge in [0, 0.05) is 31.9 Å². The number of nitriles is 1. The zero-order chi connectivity index (χ0) is 26.9. The van der Waals surface area contributed by atoms with Gasteiger partial charge in [0.25, 0.3) is 5.91 Å². The van der Waals surface area contributed by atoms with Crippen LogP contribution in [0.15, 0.2) is 66.8 Å². The van der Waals surface area contributed by atoms with Crippen molar-refractivity contribution in [1.29, 1.82) is 5.26 Å². The molecule has 0 radical (unpaired) electrons. The van der Waals surface area contributed by atoms with E-state index in [-0.39, 0.29) is 12.2 Å². The van der Waals surface area contributed by atoms with Crippen molar-refractivity contribution in [2.75, 3.05) is 11.9 Å². The molecule has 190 valence electrons. The SMILES string of the molecule is C=CCc1cc(/C=C(/C#N)C(=O)Nc2ccc(C)c(Cl)c2)cc(OCC)c1OCc1ccc(Cl)cc1Cl. The van der Waals surface area contributed by atoms with Crippen molar-refractivity contribution < 1.29 is 14.3 Å². The van der Waals surface area contributed by atoms with Crippen LogP contribution >= 0.6 is 34.8 Å². The summed E-state index contributed by atoms with van der Waals surface area (Å²) in [5.74, 6) is 0.451. The van der Waals surface area contributed by atoms with E-state index in [1.807, 2.05) is 26.0 Å². The van der Waals surface area contributed by atoms with Gasteiger partial charge in [0.1, 0.15) is 18.2 Å². The number of benzene rings is 3. The van der Waals surface area contributed by atoms with E-state index in [1.54, 1.807) is 48.5 Å². The number of hydrogen-bond donors (Lipinski definition) is 1. The Morgan fingerprint density at radius 3 is 2.49 bits per heavy atom. The first-order valence-electron chi connectivity index (χ1n) is 11.4. The molecule has 37 heavy (non-hydrogen) atoms. The number of hydrogen-bond acceptors (Lipinski definition) is 4. The molecule has 3 rings (SSSR count). The molecule has 0 bridgehead atoms. The van der Waals surface area contributed by atoms with Crippen LogP contribution in [0, 0.1) is 18.3 Å². The predicted molar refractivity (Wildman–Crippen MR) is 151 cm³/mol. The highest BCUT2D eigenvalue weighted by Crippen LogP contribution is 2.36. The standard InChI is InChI=1S/C29H25Cl3N2O3/c1-4-6-20-11-19(12-22(16-33)29(35)34-24-10-7-18(3)25(31)15-24)13-27(36-5-2)28(20)37-17-21-8-9-23(30)14-26(21)32/h4,7-15H,1,5-6,17H2,2-3H3,(H,34,35)/b22-12-. The summed E-state index contributed by atoms with van der Waals surface area (Å²) in [6.45, 7) is 8.14. The number of anilines is 1. The van der Waals surface area contributed by atoms with E-state index < -0.39 is 5.91 Å². The molecule has 0 saturated heterocycles. The van der Waals surface area contributed by atoms with Crippen molar-refractivity contribution in [3.8, 4) is 17.6 Å². The third-order valence-corrected chi connectivity index (χ3v) is 6.31. The van der Waals surface area contributed by atoms with E-state index >= 15 is 0 Å². The van der Waals surface area contributed by atoms with Gasteiger partial charge in [0.05, 0.1) is 6.61 Å². The third kappa shape index (κ3) is 7.53. The summed E-state index contributed by atoms with van der Waals surface area (Å²) >= 11 is 18.5. The van der Waals surface area contributed by atoms with E-state index in [9.17, 15) is 10.1 Å². The number of carbonyl (C=O) groups is 1. The summed E-state index contributed by atoms with van der Waals surface area (Å²) in [6, 6.07) is 15.9. The summed E-state index contributed by atoms with van der Waals surface area (Å²) in [4.78, 5) is 12.8. The fourth-order valence-corrected chi connectivity index (χ4v) is 4.12. The zero-order valence-electron chi connectivity index (χ0n) is 20.4. The topological polar surface area (TPSA) is 71.4 Å². The van der Waals surface area contributed by atoms with Crippen molar-refractivity contribution in [3.63, 3.8) is 0 Å². The molecular weight excluding hydrogens is 531 g/mol. The summed E-state index contributed by atoms with van der Waals surface area (Å²) < 4.78 is 12.0. The first-order valence-corrected chi connectivity index (χ1v) is 12.6. The minimum atomic E-state index is -0.552. The maximum atomic E-state index is 12.8. The molecule has 5 nitrogen and oxygen atoms in total. The number of rotatable bonds is 10. The summed E-state index contributed by atoms with van der Waals surface area (Å²) in [5, 5.41) is 14.0. The molecule has 0 aliphatic rings. The molecule has 0 aliphatic heterocycles. The van der Waals surface area contributed by atoms with E-state index in [0.29, 0.717) is 50.8 Å². The van der Waals surface area contributed by atoms with E-state index in [0.717, 1.165) is 16.7 Å². The normalized spacial score (nSPS) is 11.0.